The number of rotatable bonds is 9. The van der Waals surface area contributed by atoms with E-state index in [9.17, 15) is 9.18 Å². The van der Waals surface area contributed by atoms with Crippen LogP contribution in [0.4, 0.5) is 4.39 Å². The molecule has 0 saturated carbocycles. The lowest BCUT2D eigenvalue weighted by Gasteiger charge is -2.07. The number of ether oxygens (including phenoxy) is 1. The zero-order chi connectivity index (χ0) is 19.2. The third-order valence-electron chi connectivity index (χ3n) is 3.08. The number of nitrogens with zero attached hydrogens (tertiary/aromatic N) is 6. The van der Waals surface area contributed by atoms with Crippen molar-refractivity contribution in [2.75, 3.05) is 12.4 Å². The van der Waals surface area contributed by atoms with E-state index in [1.807, 2.05) is 0 Å². The first-order valence-electron chi connectivity index (χ1n) is 7.55. The van der Waals surface area contributed by atoms with Crippen LogP contribution in [0.15, 0.2) is 27.0 Å². The summed E-state index contributed by atoms with van der Waals surface area (Å²) in [5.74, 6) is 0.0491. The van der Waals surface area contributed by atoms with Crippen LogP contribution in [-0.2, 0) is 11.3 Å². The van der Waals surface area contributed by atoms with Gasteiger partial charge in [-0.25, -0.2) is 9.07 Å². The lowest BCUT2D eigenvalue weighted by molar-refractivity contribution is -0.137. The van der Waals surface area contributed by atoms with Crippen LogP contribution in [0, 0.1) is 5.82 Å². The number of aromatic nitrogens is 6. The molecule has 142 valence electrons. The van der Waals surface area contributed by atoms with Gasteiger partial charge in [-0.15, -0.1) is 15.3 Å². The summed E-state index contributed by atoms with van der Waals surface area (Å²) in [6, 6.07) is 4.28. The maximum atomic E-state index is 13.2. The van der Waals surface area contributed by atoms with Gasteiger partial charge in [-0.2, -0.15) is 0 Å². The maximum absolute atomic E-state index is 13.2. The van der Waals surface area contributed by atoms with Gasteiger partial charge in [0.05, 0.1) is 11.1 Å². The minimum absolute atomic E-state index is 0.265. The van der Waals surface area contributed by atoms with Gasteiger partial charge in [0.25, 0.3) is 0 Å². The van der Waals surface area contributed by atoms with Crippen molar-refractivity contribution < 1.29 is 19.0 Å². The summed E-state index contributed by atoms with van der Waals surface area (Å²) in [5, 5.41) is 28.3. The van der Waals surface area contributed by atoms with E-state index < -0.39 is 5.97 Å². The molecule has 0 atom stereocenters. The fraction of sp³-hybridized carbons (Fsp3) is 0.286. The number of tetrazole rings is 1. The quantitative estimate of drug-likeness (QED) is 0.368. The smallest absolute Gasteiger partial charge is 0.325 e. The zero-order valence-electron chi connectivity index (χ0n) is 13.6. The van der Waals surface area contributed by atoms with E-state index in [-0.39, 0.29) is 18.2 Å². The normalized spacial score (nSPS) is 10.9. The molecule has 0 bridgehead atoms. The number of thioether (sulfide) groups is 1. The Kier molecular flexibility index (Phi) is 6.68. The van der Waals surface area contributed by atoms with Gasteiger partial charge in [0.1, 0.15) is 18.1 Å². The molecule has 3 rings (SSSR count). The Bertz CT molecular complexity index is 937. The van der Waals surface area contributed by atoms with E-state index in [2.05, 4.69) is 41.7 Å². The van der Waals surface area contributed by atoms with Crippen molar-refractivity contribution in [3.8, 4) is 16.6 Å². The van der Waals surface area contributed by atoms with E-state index in [4.69, 9.17) is 9.84 Å². The number of hydrogen-bond donors (Lipinski definition) is 1. The van der Waals surface area contributed by atoms with Gasteiger partial charge >= 0.3 is 5.97 Å². The van der Waals surface area contributed by atoms with Crippen molar-refractivity contribution in [2.24, 2.45) is 0 Å². The third-order valence-corrected chi connectivity index (χ3v) is 5.87. The predicted octanol–water partition coefficient (Wildman–Crippen LogP) is 2.74. The highest BCUT2D eigenvalue weighted by atomic mass is 79.9. The molecule has 0 unspecified atom stereocenters. The molecular weight excluding hydrogens is 463 g/mol. The molecule has 13 heteroatoms. The van der Waals surface area contributed by atoms with Crippen molar-refractivity contribution in [3.63, 3.8) is 0 Å². The number of carbonyl (C=O) groups is 1. The number of carboxylic acids is 1. The number of carboxylic acid groups (broad SMARTS) is 1. The Morgan fingerprint density at radius 1 is 1.37 bits per heavy atom. The summed E-state index contributed by atoms with van der Waals surface area (Å²) >= 11 is 6.07. The maximum Gasteiger partial charge on any atom is 0.325 e. The summed E-state index contributed by atoms with van der Waals surface area (Å²) in [4.78, 5) is 10.8. The summed E-state index contributed by atoms with van der Waals surface area (Å²) < 4.78 is 21.3. The summed E-state index contributed by atoms with van der Waals surface area (Å²) in [5.41, 5.74) is 0. The van der Waals surface area contributed by atoms with Crippen LogP contribution >= 0.6 is 39.0 Å². The predicted molar refractivity (Wildman–Crippen MR) is 99.3 cm³/mol. The Morgan fingerprint density at radius 2 is 2.22 bits per heavy atom. The van der Waals surface area contributed by atoms with Gasteiger partial charge in [0.2, 0.25) is 5.82 Å². The van der Waals surface area contributed by atoms with Crippen LogP contribution in [0.2, 0.25) is 0 Å². The first kappa shape index (κ1) is 19.6. The van der Waals surface area contributed by atoms with E-state index in [0.29, 0.717) is 26.2 Å². The lowest BCUT2D eigenvalue weighted by atomic mass is 10.3. The summed E-state index contributed by atoms with van der Waals surface area (Å²) in [6.45, 7) is 0.0783. The monoisotopic (exact) mass is 474 g/mol. The van der Waals surface area contributed by atoms with Crippen LogP contribution in [0.3, 0.4) is 0 Å². The molecule has 0 aliphatic carbocycles. The second kappa shape index (κ2) is 9.19. The van der Waals surface area contributed by atoms with Crippen molar-refractivity contribution in [3.05, 3.63) is 28.5 Å². The molecule has 1 N–H and O–H groups in total. The molecule has 0 aliphatic heterocycles. The minimum atomic E-state index is -1.05. The minimum Gasteiger partial charge on any atom is -0.492 e. The van der Waals surface area contributed by atoms with Crippen LogP contribution in [0.5, 0.6) is 5.75 Å². The molecule has 27 heavy (non-hydrogen) atoms. The fourth-order valence-corrected chi connectivity index (χ4v) is 4.12. The molecule has 1 aromatic carbocycles. The zero-order valence-corrected chi connectivity index (χ0v) is 16.8. The van der Waals surface area contributed by atoms with E-state index in [1.54, 1.807) is 6.07 Å². The molecule has 0 saturated heterocycles. The van der Waals surface area contributed by atoms with Crippen molar-refractivity contribution in [1.29, 1.82) is 0 Å². The van der Waals surface area contributed by atoms with Crippen molar-refractivity contribution in [2.45, 2.75) is 17.3 Å². The van der Waals surface area contributed by atoms with E-state index in [0.717, 1.165) is 16.9 Å². The van der Waals surface area contributed by atoms with Crippen molar-refractivity contribution >= 4 is 45.0 Å². The Morgan fingerprint density at radius 3 is 3.04 bits per heavy atom. The SMILES string of the molecule is O=C(O)Cn1nnnc1-c1nnc(SCCCOc2cc(F)ccc2Br)s1. The van der Waals surface area contributed by atoms with E-state index in [1.165, 1.54) is 35.2 Å². The number of halogens is 2. The molecule has 0 radical (unpaired) electrons. The number of benzene rings is 1. The first-order chi connectivity index (χ1) is 13.0. The molecule has 9 nitrogen and oxygen atoms in total. The molecule has 2 heterocycles. The van der Waals surface area contributed by atoms with Gasteiger partial charge in [-0.05, 0) is 44.9 Å². The van der Waals surface area contributed by atoms with Crippen LogP contribution < -0.4 is 4.74 Å². The van der Waals surface area contributed by atoms with Gasteiger partial charge in [0.15, 0.2) is 9.35 Å². The molecular formula is C14H12BrFN6O3S2. The number of aliphatic carboxylic acids is 1. The third kappa shape index (κ3) is 5.43. The molecule has 0 amide bonds. The average molecular weight is 475 g/mol. The standard InChI is InChI=1S/C14H12BrFN6O3S2/c15-9-3-2-8(16)6-10(9)25-4-1-5-26-14-19-18-13(27-14)12-17-20-21-22(12)7-11(23)24/h2-3,6H,1,4-5,7H2,(H,23,24). The molecule has 0 fully saturated rings. The van der Waals surface area contributed by atoms with Gasteiger partial charge in [-0.1, -0.05) is 23.1 Å². The number of hydrogen-bond acceptors (Lipinski definition) is 9. The summed E-state index contributed by atoms with van der Waals surface area (Å²) in [7, 11) is 0. The highest BCUT2D eigenvalue weighted by Gasteiger charge is 2.16. The second-order valence-electron chi connectivity index (χ2n) is 5.05. The second-order valence-corrected chi connectivity index (χ2v) is 8.23. The molecule has 0 spiro atoms. The van der Waals surface area contributed by atoms with Gasteiger partial charge < -0.3 is 9.84 Å². The highest BCUT2D eigenvalue weighted by molar-refractivity contribution is 9.10. The molecule has 0 aliphatic rings. The Labute approximate surface area is 169 Å². The van der Waals surface area contributed by atoms with Gasteiger partial charge in [-0.3, -0.25) is 4.79 Å². The highest BCUT2D eigenvalue weighted by Crippen LogP contribution is 2.29. The lowest BCUT2D eigenvalue weighted by Crippen LogP contribution is -2.11. The molecule has 2 aromatic heterocycles. The van der Waals surface area contributed by atoms with Gasteiger partial charge in [0, 0.05) is 11.8 Å². The van der Waals surface area contributed by atoms with Crippen LogP contribution in [0.25, 0.3) is 10.8 Å². The summed E-state index contributed by atoms with van der Waals surface area (Å²) in [6.07, 6.45) is 0.722. The first-order valence-corrected chi connectivity index (χ1v) is 10.1. The van der Waals surface area contributed by atoms with Crippen LogP contribution in [-0.4, -0.2) is 53.8 Å². The largest absolute Gasteiger partial charge is 0.492 e. The van der Waals surface area contributed by atoms with Crippen molar-refractivity contribution in [1.82, 2.24) is 30.4 Å². The molecule has 3 aromatic rings. The van der Waals surface area contributed by atoms with E-state index >= 15 is 0 Å². The van der Waals surface area contributed by atoms with Crippen LogP contribution in [0.1, 0.15) is 6.42 Å². The topological polar surface area (TPSA) is 116 Å². The fourth-order valence-electron chi connectivity index (χ4n) is 1.94. The average Bonchev–Trinajstić information content (AvgIpc) is 3.26. The Hall–Kier alpha value is -2.12. The Balaban J connectivity index is 1.48.